The second kappa shape index (κ2) is 11.4. The first-order chi connectivity index (χ1) is 19.6. The summed E-state index contributed by atoms with van der Waals surface area (Å²) < 4.78 is 25.3. The van der Waals surface area contributed by atoms with Gasteiger partial charge in [0.1, 0.15) is 12.4 Å². The number of benzene rings is 4. The molecule has 0 saturated heterocycles. The lowest BCUT2D eigenvalue weighted by atomic mass is 9.76. The third kappa shape index (κ3) is 5.50. The van der Waals surface area contributed by atoms with Crippen molar-refractivity contribution in [2.24, 2.45) is 10.9 Å². The number of anilines is 1. The van der Waals surface area contributed by atoms with E-state index in [4.69, 9.17) is 14.5 Å². The molecule has 0 unspecified atom stereocenters. The summed E-state index contributed by atoms with van der Waals surface area (Å²) in [7, 11) is 0. The fourth-order valence-electron chi connectivity index (χ4n) is 5.74. The highest BCUT2D eigenvalue weighted by Gasteiger charge is 2.37. The molecule has 202 valence electrons. The molecule has 1 N–H and O–H groups in total. The zero-order valence-electron chi connectivity index (χ0n) is 22.8. The molecular weight excluding hydrogens is 499 g/mol. The van der Waals surface area contributed by atoms with E-state index in [9.17, 15) is 4.39 Å². The van der Waals surface area contributed by atoms with Gasteiger partial charge in [0.05, 0.1) is 18.3 Å². The highest BCUT2D eigenvalue weighted by molar-refractivity contribution is 5.83. The maximum absolute atomic E-state index is 13.5. The van der Waals surface area contributed by atoms with Crippen molar-refractivity contribution in [1.82, 2.24) is 0 Å². The van der Waals surface area contributed by atoms with Crippen LogP contribution in [0.1, 0.15) is 53.1 Å². The van der Waals surface area contributed by atoms with Gasteiger partial charge in [-0.25, -0.2) is 4.39 Å². The number of hydrogen-bond donors (Lipinski definition) is 1. The van der Waals surface area contributed by atoms with E-state index in [-0.39, 0.29) is 18.5 Å². The number of nitrogens with one attached hydrogen (secondary N) is 1. The van der Waals surface area contributed by atoms with Crippen molar-refractivity contribution in [2.45, 2.75) is 38.8 Å². The first kappa shape index (κ1) is 25.9. The summed E-state index contributed by atoms with van der Waals surface area (Å²) in [6.07, 6.45) is 7.63. The van der Waals surface area contributed by atoms with Gasteiger partial charge >= 0.3 is 0 Å². The fraction of sp³-hybridized carbons (Fsp3) is 0.229. The summed E-state index contributed by atoms with van der Waals surface area (Å²) >= 11 is 0. The van der Waals surface area contributed by atoms with Gasteiger partial charge in [0.25, 0.3) is 0 Å². The second-order valence-corrected chi connectivity index (χ2v) is 10.5. The molecule has 0 bridgehead atoms. The molecule has 40 heavy (non-hydrogen) atoms. The summed E-state index contributed by atoms with van der Waals surface area (Å²) in [6.45, 7) is 4.86. The van der Waals surface area contributed by atoms with Gasteiger partial charge in [0, 0.05) is 17.8 Å². The fourth-order valence-corrected chi connectivity index (χ4v) is 5.74. The van der Waals surface area contributed by atoms with Gasteiger partial charge in [-0.2, -0.15) is 0 Å². The van der Waals surface area contributed by atoms with Gasteiger partial charge in [0.15, 0.2) is 11.5 Å². The Bertz CT molecular complexity index is 1560. The summed E-state index contributed by atoms with van der Waals surface area (Å²) in [4.78, 5) is 4.71. The Kier molecular flexibility index (Phi) is 7.37. The van der Waals surface area contributed by atoms with Crippen molar-refractivity contribution in [1.29, 1.82) is 0 Å². The molecule has 1 heterocycles. The first-order valence-electron chi connectivity index (χ1n) is 13.9. The molecule has 5 heteroatoms. The number of fused-ring (bicyclic) bond motifs is 3. The van der Waals surface area contributed by atoms with Crippen molar-refractivity contribution in [3.8, 4) is 11.5 Å². The number of ether oxygens (including phenoxy) is 2. The number of hydrogen-bond acceptors (Lipinski definition) is 4. The maximum atomic E-state index is 13.5. The van der Waals surface area contributed by atoms with Crippen molar-refractivity contribution < 1.29 is 13.9 Å². The van der Waals surface area contributed by atoms with Gasteiger partial charge in [-0.3, -0.25) is 4.99 Å². The van der Waals surface area contributed by atoms with Crippen molar-refractivity contribution in [3.63, 3.8) is 0 Å². The SMILES string of the molecule is CCOc1cc(C=Nc2ccc([C@@H]3Nc4ccc(C)cc4[C@@H]4C=CC[C@H]43)cc2)ccc1OCc1cccc(F)c1. The third-order valence-corrected chi connectivity index (χ3v) is 7.68. The number of rotatable bonds is 8. The van der Waals surface area contributed by atoms with Crippen LogP contribution < -0.4 is 14.8 Å². The average molecular weight is 533 g/mol. The summed E-state index contributed by atoms with van der Waals surface area (Å²) in [5.74, 6) is 1.95. The molecule has 1 aliphatic heterocycles. The van der Waals surface area contributed by atoms with E-state index in [0.717, 1.165) is 23.2 Å². The lowest BCUT2D eigenvalue weighted by molar-refractivity contribution is 0.269. The van der Waals surface area contributed by atoms with E-state index in [1.54, 1.807) is 6.07 Å². The molecule has 4 nitrogen and oxygen atoms in total. The highest BCUT2D eigenvalue weighted by atomic mass is 19.1. The molecule has 0 saturated carbocycles. The average Bonchev–Trinajstić information content (AvgIpc) is 3.46. The molecule has 0 fully saturated rings. The van der Waals surface area contributed by atoms with Gasteiger partial charge in [-0.15, -0.1) is 0 Å². The van der Waals surface area contributed by atoms with Crippen molar-refractivity contribution in [2.75, 3.05) is 11.9 Å². The largest absolute Gasteiger partial charge is 0.490 e. The quantitative estimate of drug-likeness (QED) is 0.182. The molecular formula is C35H33FN2O2. The van der Waals surface area contributed by atoms with Crippen LogP contribution in [0.5, 0.6) is 11.5 Å². The Morgan fingerprint density at radius 1 is 0.950 bits per heavy atom. The number of halogens is 1. The number of allylic oxidation sites excluding steroid dienone is 2. The van der Waals surface area contributed by atoms with Crippen molar-refractivity contribution >= 4 is 17.6 Å². The molecule has 3 atom stereocenters. The van der Waals surface area contributed by atoms with E-state index < -0.39 is 0 Å². The van der Waals surface area contributed by atoms with Gasteiger partial charge in [0.2, 0.25) is 0 Å². The second-order valence-electron chi connectivity index (χ2n) is 10.5. The lowest BCUT2D eigenvalue weighted by Gasteiger charge is -2.37. The molecule has 6 rings (SSSR count). The van der Waals surface area contributed by atoms with Gasteiger partial charge < -0.3 is 14.8 Å². The predicted octanol–water partition coefficient (Wildman–Crippen LogP) is 8.69. The maximum Gasteiger partial charge on any atom is 0.161 e. The molecule has 4 aromatic carbocycles. The summed E-state index contributed by atoms with van der Waals surface area (Å²) in [5.41, 5.74) is 7.79. The zero-order chi connectivity index (χ0) is 27.5. The van der Waals surface area contributed by atoms with Crippen LogP contribution in [0.4, 0.5) is 15.8 Å². The smallest absolute Gasteiger partial charge is 0.161 e. The van der Waals surface area contributed by atoms with Crippen LogP contribution >= 0.6 is 0 Å². The molecule has 0 aromatic heterocycles. The predicted molar refractivity (Wildman–Crippen MR) is 160 cm³/mol. The number of aryl methyl sites for hydroxylation is 1. The third-order valence-electron chi connectivity index (χ3n) is 7.68. The Hall–Kier alpha value is -4.38. The van der Waals surface area contributed by atoms with Crippen LogP contribution in [0.2, 0.25) is 0 Å². The first-order valence-corrected chi connectivity index (χ1v) is 13.9. The van der Waals surface area contributed by atoms with Gasteiger partial charge in [-0.05, 0) is 97.0 Å². The van der Waals surface area contributed by atoms with Crippen LogP contribution in [-0.4, -0.2) is 12.8 Å². The molecule has 1 aliphatic carbocycles. The molecule has 4 aromatic rings. The van der Waals surface area contributed by atoms with E-state index in [1.165, 1.54) is 34.5 Å². The van der Waals surface area contributed by atoms with Crippen LogP contribution in [0.25, 0.3) is 0 Å². The Morgan fingerprint density at radius 3 is 2.65 bits per heavy atom. The Balaban J connectivity index is 1.15. The molecule has 0 spiro atoms. The molecule has 0 radical (unpaired) electrons. The van der Waals surface area contributed by atoms with Crippen LogP contribution in [-0.2, 0) is 6.61 Å². The highest BCUT2D eigenvalue weighted by Crippen LogP contribution is 2.50. The van der Waals surface area contributed by atoms with E-state index in [2.05, 4.69) is 66.9 Å². The van der Waals surface area contributed by atoms with Crippen LogP contribution in [0, 0.1) is 18.7 Å². The summed E-state index contributed by atoms with van der Waals surface area (Å²) in [5, 5.41) is 3.81. The van der Waals surface area contributed by atoms with E-state index in [1.807, 2.05) is 37.4 Å². The Labute approximate surface area is 235 Å². The van der Waals surface area contributed by atoms with Crippen LogP contribution in [0.3, 0.4) is 0 Å². The standard InChI is InChI=1S/C35H33FN2O2/c1-3-39-34-20-24(11-17-33(34)40-22-25-6-4-7-27(36)19-25)21-37-28-14-12-26(13-15-28)35-30-9-5-8-29(30)31-18-23(2)10-16-32(31)38-35/h4-8,10-21,29-30,35,38H,3,9,22H2,1-2H3/t29-,30-,35+/m1/s1. The lowest BCUT2D eigenvalue weighted by Crippen LogP contribution is -2.29. The minimum Gasteiger partial charge on any atom is -0.490 e. The molecule has 2 aliphatic rings. The minimum absolute atomic E-state index is 0.260. The van der Waals surface area contributed by atoms with Crippen molar-refractivity contribution in [3.05, 3.63) is 131 Å². The normalized spacial score (nSPS) is 19.2. The minimum atomic E-state index is -0.277. The van der Waals surface area contributed by atoms with E-state index in [0.29, 0.717) is 29.9 Å². The number of nitrogens with zero attached hydrogens (tertiary/aromatic N) is 1. The Morgan fingerprint density at radius 2 is 1.82 bits per heavy atom. The van der Waals surface area contributed by atoms with Crippen LogP contribution in [0.15, 0.2) is 102 Å². The topological polar surface area (TPSA) is 42.8 Å². The van der Waals surface area contributed by atoms with Gasteiger partial charge in [-0.1, -0.05) is 54.1 Å². The zero-order valence-corrected chi connectivity index (χ0v) is 22.8. The van der Waals surface area contributed by atoms with E-state index >= 15 is 0 Å². The summed E-state index contributed by atoms with van der Waals surface area (Å²) in [6, 6.07) is 27.7. The molecule has 0 amide bonds. The number of aliphatic imine (C=N–C) groups is 1. The monoisotopic (exact) mass is 532 g/mol.